The van der Waals surface area contributed by atoms with E-state index in [-0.39, 0.29) is 18.7 Å². The van der Waals surface area contributed by atoms with Crippen molar-refractivity contribution in [3.05, 3.63) is 52.9 Å². The first kappa shape index (κ1) is 17.6. The number of methoxy groups -OCH3 is 1. The average molecular weight is 372 g/mol. The Balaban J connectivity index is 1.65. The predicted octanol–water partition coefficient (Wildman–Crippen LogP) is 2.77. The maximum absolute atomic E-state index is 13.8. The summed E-state index contributed by atoms with van der Waals surface area (Å²) in [5, 5.41) is 15.0. The van der Waals surface area contributed by atoms with E-state index >= 15 is 0 Å². The monoisotopic (exact) mass is 372 g/mol. The van der Waals surface area contributed by atoms with E-state index in [2.05, 4.69) is 14.8 Å². The third kappa shape index (κ3) is 4.04. The van der Waals surface area contributed by atoms with Crippen molar-refractivity contribution in [2.45, 2.75) is 13.2 Å². The summed E-state index contributed by atoms with van der Waals surface area (Å²) in [5.41, 5.74) is 1.96. The first-order valence-electron chi connectivity index (χ1n) is 7.45. The summed E-state index contributed by atoms with van der Waals surface area (Å²) in [6.07, 6.45) is 3.26. The highest BCUT2D eigenvalue weighted by atomic mass is 32.1. The number of esters is 1. The standard InChI is InChI=1S/C17H13FN4O3S/c1-24-16(23)8-22-7-13(6-20-22)15-10-26-17(21-15)25-9-12-3-2-11(5-19)4-14(12)18/h2-4,6-7,10H,8-9H2,1H3. The lowest BCUT2D eigenvalue weighted by Crippen LogP contribution is -2.11. The van der Waals surface area contributed by atoms with Crippen LogP contribution < -0.4 is 4.74 Å². The normalized spacial score (nSPS) is 10.3. The number of nitrogens with zero attached hydrogens (tertiary/aromatic N) is 4. The molecule has 132 valence electrons. The Morgan fingerprint density at radius 2 is 2.31 bits per heavy atom. The fourth-order valence-corrected chi connectivity index (χ4v) is 2.79. The maximum atomic E-state index is 13.8. The van der Waals surface area contributed by atoms with Crippen molar-refractivity contribution in [2.75, 3.05) is 7.11 Å². The molecule has 0 fully saturated rings. The summed E-state index contributed by atoms with van der Waals surface area (Å²) in [6.45, 7) is 0.0219. The highest BCUT2D eigenvalue weighted by Gasteiger charge is 2.11. The van der Waals surface area contributed by atoms with E-state index in [4.69, 9.17) is 10.00 Å². The minimum atomic E-state index is -0.495. The van der Waals surface area contributed by atoms with E-state index in [9.17, 15) is 9.18 Å². The molecule has 0 saturated heterocycles. The second-order valence-electron chi connectivity index (χ2n) is 5.21. The van der Waals surface area contributed by atoms with Gasteiger partial charge < -0.3 is 9.47 Å². The van der Waals surface area contributed by atoms with Crippen molar-refractivity contribution in [1.29, 1.82) is 5.26 Å². The summed E-state index contributed by atoms with van der Waals surface area (Å²) >= 11 is 1.27. The molecule has 7 nitrogen and oxygen atoms in total. The Morgan fingerprint density at radius 3 is 3.04 bits per heavy atom. The van der Waals surface area contributed by atoms with Crippen LogP contribution in [-0.4, -0.2) is 27.8 Å². The van der Waals surface area contributed by atoms with Crippen LogP contribution in [0.3, 0.4) is 0 Å². The lowest BCUT2D eigenvalue weighted by molar-refractivity contribution is -0.141. The number of carbonyl (C=O) groups excluding carboxylic acids is 1. The van der Waals surface area contributed by atoms with E-state index in [1.165, 1.54) is 41.3 Å². The summed E-state index contributed by atoms with van der Waals surface area (Å²) in [5.74, 6) is -0.892. The van der Waals surface area contributed by atoms with E-state index in [0.29, 0.717) is 16.5 Å². The quantitative estimate of drug-likeness (QED) is 0.618. The number of hydrogen-bond donors (Lipinski definition) is 0. The number of hydrogen-bond acceptors (Lipinski definition) is 7. The summed E-state index contributed by atoms with van der Waals surface area (Å²) < 4.78 is 25.4. The Kier molecular flexibility index (Phi) is 5.24. The number of thiazole rings is 1. The lowest BCUT2D eigenvalue weighted by atomic mass is 10.1. The van der Waals surface area contributed by atoms with Gasteiger partial charge in [0.1, 0.15) is 19.0 Å². The zero-order valence-electron chi connectivity index (χ0n) is 13.7. The molecule has 0 N–H and O–H groups in total. The second-order valence-corrected chi connectivity index (χ2v) is 6.03. The largest absolute Gasteiger partial charge is 0.468 e. The third-order valence-corrected chi connectivity index (χ3v) is 4.22. The van der Waals surface area contributed by atoms with Crippen molar-refractivity contribution in [2.24, 2.45) is 0 Å². The van der Waals surface area contributed by atoms with Gasteiger partial charge in [-0.25, -0.2) is 9.37 Å². The van der Waals surface area contributed by atoms with Crippen LogP contribution in [0.4, 0.5) is 4.39 Å². The van der Waals surface area contributed by atoms with Crippen molar-refractivity contribution in [3.63, 3.8) is 0 Å². The fraction of sp³-hybridized carbons (Fsp3) is 0.176. The van der Waals surface area contributed by atoms with Gasteiger partial charge in [-0.15, -0.1) is 0 Å². The molecule has 2 aromatic heterocycles. The van der Waals surface area contributed by atoms with Gasteiger partial charge in [0.2, 0.25) is 0 Å². The third-order valence-electron chi connectivity index (χ3n) is 3.46. The molecule has 9 heteroatoms. The SMILES string of the molecule is COC(=O)Cn1cc(-c2csc(OCc3ccc(C#N)cc3F)n2)cn1. The van der Waals surface area contributed by atoms with Crippen LogP contribution in [0.5, 0.6) is 5.19 Å². The van der Waals surface area contributed by atoms with Crippen LogP contribution >= 0.6 is 11.3 Å². The van der Waals surface area contributed by atoms with Crippen LogP contribution in [0.25, 0.3) is 11.3 Å². The van der Waals surface area contributed by atoms with E-state index in [0.717, 1.165) is 5.56 Å². The number of ether oxygens (including phenoxy) is 2. The number of rotatable bonds is 6. The van der Waals surface area contributed by atoms with Gasteiger partial charge >= 0.3 is 5.97 Å². The smallest absolute Gasteiger partial charge is 0.327 e. The molecule has 26 heavy (non-hydrogen) atoms. The van der Waals surface area contributed by atoms with Crippen molar-refractivity contribution >= 4 is 17.3 Å². The molecular formula is C17H13FN4O3S. The molecule has 0 bridgehead atoms. The molecule has 0 spiro atoms. The summed E-state index contributed by atoms with van der Waals surface area (Å²) in [4.78, 5) is 15.6. The zero-order chi connectivity index (χ0) is 18.5. The van der Waals surface area contributed by atoms with Gasteiger partial charge in [0.05, 0.1) is 30.6 Å². The minimum Gasteiger partial charge on any atom is -0.468 e. The fourth-order valence-electron chi connectivity index (χ4n) is 2.11. The van der Waals surface area contributed by atoms with Gasteiger partial charge in [-0.05, 0) is 12.1 Å². The molecule has 3 aromatic rings. The van der Waals surface area contributed by atoms with Crippen molar-refractivity contribution in [1.82, 2.24) is 14.8 Å². The Morgan fingerprint density at radius 1 is 1.46 bits per heavy atom. The van der Waals surface area contributed by atoms with E-state index < -0.39 is 11.8 Å². The Bertz CT molecular complexity index is 977. The zero-order valence-corrected chi connectivity index (χ0v) is 14.5. The van der Waals surface area contributed by atoms with Crippen LogP contribution in [0.15, 0.2) is 36.0 Å². The molecule has 1 aromatic carbocycles. The first-order chi connectivity index (χ1) is 12.6. The predicted molar refractivity (Wildman–Crippen MR) is 90.8 cm³/mol. The van der Waals surface area contributed by atoms with E-state index in [1.807, 2.05) is 6.07 Å². The van der Waals surface area contributed by atoms with E-state index in [1.54, 1.807) is 17.8 Å². The Labute approximate surface area is 152 Å². The molecule has 0 aliphatic rings. The van der Waals surface area contributed by atoms with Gasteiger partial charge in [-0.1, -0.05) is 17.4 Å². The number of halogens is 1. The highest BCUT2D eigenvalue weighted by Crippen LogP contribution is 2.27. The average Bonchev–Trinajstić information content (AvgIpc) is 3.29. The van der Waals surface area contributed by atoms with Gasteiger partial charge in [0.25, 0.3) is 5.19 Å². The number of aromatic nitrogens is 3. The minimum absolute atomic E-state index is 0.00605. The second kappa shape index (κ2) is 7.76. The highest BCUT2D eigenvalue weighted by molar-refractivity contribution is 7.11. The maximum Gasteiger partial charge on any atom is 0.327 e. The van der Waals surface area contributed by atoms with Crippen LogP contribution in [0.2, 0.25) is 0 Å². The van der Waals surface area contributed by atoms with Gasteiger partial charge in [0, 0.05) is 22.7 Å². The summed E-state index contributed by atoms with van der Waals surface area (Å²) in [6, 6.07) is 6.09. The Hall–Kier alpha value is -3.25. The molecule has 3 rings (SSSR count). The van der Waals surface area contributed by atoms with Gasteiger partial charge in [-0.2, -0.15) is 10.4 Å². The molecule has 0 unspecified atom stereocenters. The molecule has 0 amide bonds. The summed E-state index contributed by atoms with van der Waals surface area (Å²) in [7, 11) is 1.31. The van der Waals surface area contributed by atoms with Crippen LogP contribution in [0, 0.1) is 17.1 Å². The van der Waals surface area contributed by atoms with Gasteiger partial charge in [-0.3, -0.25) is 9.48 Å². The van der Waals surface area contributed by atoms with Crippen molar-refractivity contribution < 1.29 is 18.7 Å². The number of benzene rings is 1. The molecule has 0 radical (unpaired) electrons. The molecule has 0 aliphatic carbocycles. The molecule has 0 saturated carbocycles. The van der Waals surface area contributed by atoms with Gasteiger partial charge in [0.15, 0.2) is 0 Å². The van der Waals surface area contributed by atoms with Crippen molar-refractivity contribution in [3.8, 4) is 22.5 Å². The molecule has 0 atom stereocenters. The number of nitriles is 1. The van der Waals surface area contributed by atoms with Crippen LogP contribution in [0.1, 0.15) is 11.1 Å². The van der Waals surface area contributed by atoms with Crippen LogP contribution in [-0.2, 0) is 22.7 Å². The molecular weight excluding hydrogens is 359 g/mol. The topological polar surface area (TPSA) is 90.0 Å². The number of carbonyl (C=O) groups is 1. The molecule has 2 heterocycles. The molecule has 0 aliphatic heterocycles. The lowest BCUT2D eigenvalue weighted by Gasteiger charge is -2.04. The first-order valence-corrected chi connectivity index (χ1v) is 8.33.